The molecule has 2 atom stereocenters. The van der Waals surface area contributed by atoms with Gasteiger partial charge in [0.25, 0.3) is 0 Å². The van der Waals surface area contributed by atoms with E-state index in [0.717, 1.165) is 0 Å². The highest BCUT2D eigenvalue weighted by Crippen LogP contribution is 2.16. The Kier molecular flexibility index (Phi) is 3.91. The highest BCUT2D eigenvalue weighted by atomic mass is 16.6. The van der Waals surface area contributed by atoms with E-state index >= 15 is 0 Å². The van der Waals surface area contributed by atoms with E-state index in [-0.39, 0.29) is 0 Å². The third-order valence-corrected chi connectivity index (χ3v) is 1.97. The number of carbonyl (C=O) groups is 1. The molecule has 0 aliphatic carbocycles. The molecule has 0 saturated heterocycles. The van der Waals surface area contributed by atoms with Gasteiger partial charge in [0.1, 0.15) is 6.23 Å². The fraction of sp³-hybridized carbons (Fsp3) is 0.667. The molecule has 0 bridgehead atoms. The zero-order valence-electron chi connectivity index (χ0n) is 8.34. The first kappa shape index (κ1) is 11.0. The van der Waals surface area contributed by atoms with Gasteiger partial charge in [-0.15, -0.1) is 0 Å². The Morgan fingerprint density at radius 1 is 1.71 bits per heavy atom. The lowest BCUT2D eigenvalue weighted by molar-refractivity contribution is -0.0357. The Balaban J connectivity index is 2.65. The molecule has 80 valence electrons. The van der Waals surface area contributed by atoms with Gasteiger partial charge in [-0.2, -0.15) is 0 Å². The highest BCUT2D eigenvalue weighted by Gasteiger charge is 2.27. The number of aliphatic hydroxyl groups excluding tert-OH is 1. The Morgan fingerprint density at radius 2 is 2.43 bits per heavy atom. The fourth-order valence-electron chi connectivity index (χ4n) is 1.27. The van der Waals surface area contributed by atoms with Crippen LogP contribution in [-0.4, -0.2) is 42.1 Å². The SMILES string of the molecule is CCOC(=O)N1C=CC(O)CC1OC. The third-order valence-electron chi connectivity index (χ3n) is 1.97. The normalized spacial score (nSPS) is 26.4. The highest BCUT2D eigenvalue weighted by molar-refractivity contribution is 5.69. The van der Waals surface area contributed by atoms with Crippen LogP contribution in [0.2, 0.25) is 0 Å². The lowest BCUT2D eigenvalue weighted by Gasteiger charge is -2.31. The number of methoxy groups -OCH3 is 1. The molecule has 0 aromatic heterocycles. The molecule has 0 saturated carbocycles. The Hall–Kier alpha value is -1.07. The van der Waals surface area contributed by atoms with E-state index in [4.69, 9.17) is 9.47 Å². The van der Waals surface area contributed by atoms with Crippen LogP contribution in [0.5, 0.6) is 0 Å². The maximum atomic E-state index is 11.4. The molecule has 1 aliphatic rings. The maximum Gasteiger partial charge on any atom is 0.415 e. The van der Waals surface area contributed by atoms with Crippen LogP contribution in [0.3, 0.4) is 0 Å². The monoisotopic (exact) mass is 201 g/mol. The van der Waals surface area contributed by atoms with Crippen molar-refractivity contribution in [2.24, 2.45) is 0 Å². The quantitative estimate of drug-likeness (QED) is 0.714. The number of nitrogens with zero attached hydrogens (tertiary/aromatic N) is 1. The predicted octanol–water partition coefficient (Wildman–Crippen LogP) is 0.696. The van der Waals surface area contributed by atoms with Crippen molar-refractivity contribution < 1.29 is 19.4 Å². The average Bonchev–Trinajstić information content (AvgIpc) is 2.17. The topological polar surface area (TPSA) is 59.0 Å². The molecule has 5 heteroatoms. The van der Waals surface area contributed by atoms with Crippen molar-refractivity contribution in [1.29, 1.82) is 0 Å². The van der Waals surface area contributed by atoms with Gasteiger partial charge in [-0.1, -0.05) is 0 Å². The summed E-state index contributed by atoms with van der Waals surface area (Å²) in [7, 11) is 1.49. The number of ether oxygens (including phenoxy) is 2. The van der Waals surface area contributed by atoms with E-state index in [2.05, 4.69) is 0 Å². The largest absolute Gasteiger partial charge is 0.449 e. The third kappa shape index (κ3) is 2.46. The van der Waals surface area contributed by atoms with Crippen LogP contribution in [0.1, 0.15) is 13.3 Å². The molecule has 0 radical (unpaired) electrons. The summed E-state index contributed by atoms with van der Waals surface area (Å²) in [6.45, 7) is 2.06. The fourth-order valence-corrected chi connectivity index (χ4v) is 1.27. The summed E-state index contributed by atoms with van der Waals surface area (Å²) in [4.78, 5) is 12.7. The zero-order valence-corrected chi connectivity index (χ0v) is 8.34. The first-order valence-corrected chi connectivity index (χ1v) is 4.53. The minimum Gasteiger partial charge on any atom is -0.449 e. The van der Waals surface area contributed by atoms with Crippen molar-refractivity contribution in [3.63, 3.8) is 0 Å². The molecule has 1 rings (SSSR count). The van der Waals surface area contributed by atoms with Crippen LogP contribution in [0.4, 0.5) is 4.79 Å². The molecule has 0 aromatic carbocycles. The smallest absolute Gasteiger partial charge is 0.415 e. The molecule has 1 heterocycles. The first-order chi connectivity index (χ1) is 6.69. The van der Waals surface area contributed by atoms with Gasteiger partial charge in [-0.3, -0.25) is 4.90 Å². The lowest BCUT2D eigenvalue weighted by atomic mass is 10.1. The van der Waals surface area contributed by atoms with Gasteiger partial charge >= 0.3 is 6.09 Å². The molecular weight excluding hydrogens is 186 g/mol. The van der Waals surface area contributed by atoms with Gasteiger partial charge in [-0.25, -0.2) is 4.79 Å². The van der Waals surface area contributed by atoms with Crippen LogP contribution >= 0.6 is 0 Å². The van der Waals surface area contributed by atoms with E-state index in [1.165, 1.54) is 24.3 Å². The average molecular weight is 201 g/mol. The molecule has 0 fully saturated rings. The van der Waals surface area contributed by atoms with Crippen LogP contribution in [-0.2, 0) is 9.47 Å². The van der Waals surface area contributed by atoms with Gasteiger partial charge in [0.15, 0.2) is 0 Å². The molecule has 2 unspecified atom stereocenters. The molecule has 1 amide bonds. The Morgan fingerprint density at radius 3 is 3.00 bits per heavy atom. The standard InChI is InChI=1S/C9H15NO4/c1-3-14-9(12)10-5-4-7(11)6-8(10)13-2/h4-5,7-8,11H,3,6H2,1-2H3. The predicted molar refractivity (Wildman–Crippen MR) is 49.4 cm³/mol. The van der Waals surface area contributed by atoms with Crippen LogP contribution < -0.4 is 0 Å². The number of hydrogen-bond donors (Lipinski definition) is 1. The summed E-state index contributed by atoms with van der Waals surface area (Å²) in [5, 5.41) is 9.29. The summed E-state index contributed by atoms with van der Waals surface area (Å²) in [6.07, 6.45) is 1.92. The summed E-state index contributed by atoms with van der Waals surface area (Å²) < 4.78 is 9.88. The van der Waals surface area contributed by atoms with Crippen molar-refractivity contribution in [1.82, 2.24) is 4.90 Å². The van der Waals surface area contributed by atoms with Gasteiger partial charge in [-0.05, 0) is 13.0 Å². The summed E-state index contributed by atoms with van der Waals surface area (Å²) in [6, 6.07) is 0. The van der Waals surface area contributed by atoms with Crippen molar-refractivity contribution in [2.45, 2.75) is 25.7 Å². The zero-order chi connectivity index (χ0) is 10.6. The van der Waals surface area contributed by atoms with E-state index in [0.29, 0.717) is 13.0 Å². The first-order valence-electron chi connectivity index (χ1n) is 4.53. The number of rotatable bonds is 2. The van der Waals surface area contributed by atoms with Crippen LogP contribution in [0, 0.1) is 0 Å². The second kappa shape index (κ2) is 4.97. The molecule has 5 nitrogen and oxygen atoms in total. The molecule has 0 spiro atoms. The molecule has 14 heavy (non-hydrogen) atoms. The van der Waals surface area contributed by atoms with E-state index in [1.54, 1.807) is 6.92 Å². The van der Waals surface area contributed by atoms with E-state index in [1.807, 2.05) is 0 Å². The summed E-state index contributed by atoms with van der Waals surface area (Å²) in [5.41, 5.74) is 0. The molecule has 1 N–H and O–H groups in total. The van der Waals surface area contributed by atoms with E-state index < -0.39 is 18.4 Å². The summed E-state index contributed by atoms with van der Waals surface area (Å²) in [5.74, 6) is 0. The summed E-state index contributed by atoms with van der Waals surface area (Å²) >= 11 is 0. The van der Waals surface area contributed by atoms with Crippen molar-refractivity contribution >= 4 is 6.09 Å². The van der Waals surface area contributed by atoms with Gasteiger partial charge in [0, 0.05) is 19.7 Å². The second-order valence-electron chi connectivity index (χ2n) is 2.94. The van der Waals surface area contributed by atoms with Crippen LogP contribution in [0.15, 0.2) is 12.3 Å². The van der Waals surface area contributed by atoms with Gasteiger partial charge < -0.3 is 14.6 Å². The Bertz CT molecular complexity index is 229. The van der Waals surface area contributed by atoms with Crippen LogP contribution in [0.25, 0.3) is 0 Å². The van der Waals surface area contributed by atoms with E-state index in [9.17, 15) is 9.90 Å². The number of hydrogen-bond acceptors (Lipinski definition) is 4. The van der Waals surface area contributed by atoms with Gasteiger partial charge in [0.05, 0.1) is 12.7 Å². The molecule has 1 aliphatic heterocycles. The number of amides is 1. The van der Waals surface area contributed by atoms with Crippen molar-refractivity contribution in [3.05, 3.63) is 12.3 Å². The van der Waals surface area contributed by atoms with Gasteiger partial charge in [0.2, 0.25) is 0 Å². The molecule has 0 aromatic rings. The van der Waals surface area contributed by atoms with Crippen molar-refractivity contribution in [2.75, 3.05) is 13.7 Å². The molecular formula is C9H15NO4. The number of carbonyl (C=O) groups excluding carboxylic acids is 1. The minimum atomic E-state index is -0.564. The lowest BCUT2D eigenvalue weighted by Crippen LogP contribution is -2.42. The number of aliphatic hydroxyl groups is 1. The second-order valence-corrected chi connectivity index (χ2v) is 2.94. The Labute approximate surface area is 82.9 Å². The van der Waals surface area contributed by atoms with Crippen molar-refractivity contribution in [3.8, 4) is 0 Å². The minimum absolute atomic E-state index is 0.322. The maximum absolute atomic E-state index is 11.4.